The number of phosphoric acid groups is 1. The molecule has 0 unspecified atom stereocenters. The lowest BCUT2D eigenvalue weighted by atomic mass is 10.1. The van der Waals surface area contributed by atoms with Crippen LogP contribution in [0.4, 0.5) is 0 Å². The second kappa shape index (κ2) is 13.9. The van der Waals surface area contributed by atoms with Gasteiger partial charge in [0.2, 0.25) is 0 Å². The van der Waals surface area contributed by atoms with E-state index in [-0.39, 0.29) is 26.4 Å². The highest BCUT2D eigenvalue weighted by Crippen LogP contribution is 2.35. The average Bonchev–Trinajstić information content (AvgIpc) is 2.93. The smallest absolute Gasteiger partial charge is 0.469 e. The maximum Gasteiger partial charge on any atom is 0.469 e. The fourth-order valence-electron chi connectivity index (χ4n) is 3.71. The largest absolute Gasteiger partial charge is 0.489 e. The number of aromatic amines is 1. The average molecular weight is 569 g/mol. The lowest BCUT2D eigenvalue weighted by Gasteiger charge is -2.11. The summed E-state index contributed by atoms with van der Waals surface area (Å²) in [5, 5.41) is 0. The minimum atomic E-state index is -4.59. The van der Waals surface area contributed by atoms with Crippen molar-refractivity contribution >= 4 is 7.82 Å². The second-order valence-electron chi connectivity index (χ2n) is 8.78. The first-order chi connectivity index (χ1) is 19.2. The summed E-state index contributed by atoms with van der Waals surface area (Å²) in [6, 6.07) is 24.9. The summed E-state index contributed by atoms with van der Waals surface area (Å²) in [4.78, 5) is 44.1. The van der Waals surface area contributed by atoms with E-state index in [4.69, 9.17) is 24.0 Å². The van der Waals surface area contributed by atoms with Crippen LogP contribution < -0.4 is 20.7 Å². The maximum atomic E-state index is 12.4. The Morgan fingerprint density at radius 1 is 0.775 bits per heavy atom. The van der Waals surface area contributed by atoms with Gasteiger partial charge in [-0.3, -0.25) is 18.9 Å². The van der Waals surface area contributed by atoms with E-state index in [1.54, 1.807) is 0 Å². The Morgan fingerprint density at radius 3 is 2.17 bits per heavy atom. The van der Waals surface area contributed by atoms with Crippen LogP contribution >= 0.6 is 7.82 Å². The fourth-order valence-corrected chi connectivity index (χ4v) is 4.02. The molecule has 210 valence electrons. The molecule has 40 heavy (non-hydrogen) atoms. The SMILES string of the molecule is O=c1[nH]c(=O)n(COCCOP(=O)(O)O)cc1Cc1cccc(OCc2ccc(OCc3ccccc3)cc2)c1. The Morgan fingerprint density at radius 2 is 1.45 bits per heavy atom. The number of phosphoric ester groups is 1. The molecule has 11 nitrogen and oxygen atoms in total. The van der Waals surface area contributed by atoms with Crippen LogP contribution in [0.2, 0.25) is 0 Å². The highest BCUT2D eigenvalue weighted by atomic mass is 31.2. The Labute approximate surface area is 229 Å². The standard InChI is InChI=1S/C28H29N2O9P/c31-27-24(17-30(28(32)29-27)20-36-13-14-39-40(33,34)35)15-23-7-4-8-26(16-23)38-19-22-9-11-25(12-10-22)37-18-21-5-2-1-3-6-21/h1-12,16-17H,13-15,18-20H2,(H,29,31,32)(H2,33,34,35). The zero-order valence-corrected chi connectivity index (χ0v) is 22.4. The first kappa shape index (κ1) is 29.0. The van der Waals surface area contributed by atoms with Gasteiger partial charge in [0.25, 0.3) is 5.56 Å². The van der Waals surface area contributed by atoms with E-state index in [1.807, 2.05) is 78.9 Å². The molecule has 4 rings (SSSR count). The Balaban J connectivity index is 1.30. The fraction of sp³-hybridized carbons (Fsp3) is 0.214. The van der Waals surface area contributed by atoms with E-state index in [0.717, 1.165) is 27.0 Å². The normalized spacial score (nSPS) is 11.3. The van der Waals surface area contributed by atoms with Gasteiger partial charge < -0.3 is 24.0 Å². The highest BCUT2D eigenvalue weighted by molar-refractivity contribution is 7.46. The van der Waals surface area contributed by atoms with E-state index in [1.165, 1.54) is 6.20 Å². The van der Waals surface area contributed by atoms with Crippen molar-refractivity contribution in [2.45, 2.75) is 26.4 Å². The molecule has 0 aliphatic rings. The molecule has 0 atom stereocenters. The molecular weight excluding hydrogens is 539 g/mol. The van der Waals surface area contributed by atoms with Gasteiger partial charge in [-0.2, -0.15) is 0 Å². The van der Waals surface area contributed by atoms with E-state index in [2.05, 4.69) is 9.51 Å². The lowest BCUT2D eigenvalue weighted by Crippen LogP contribution is -2.32. The molecular formula is C28H29N2O9P. The highest BCUT2D eigenvalue weighted by Gasteiger charge is 2.13. The van der Waals surface area contributed by atoms with E-state index < -0.39 is 19.1 Å². The maximum absolute atomic E-state index is 12.4. The number of benzene rings is 3. The molecule has 0 amide bonds. The molecule has 0 radical (unpaired) electrons. The Hall–Kier alpha value is -3.99. The predicted molar refractivity (Wildman–Crippen MR) is 146 cm³/mol. The van der Waals surface area contributed by atoms with Crippen LogP contribution in [0.5, 0.6) is 11.5 Å². The molecule has 3 N–H and O–H groups in total. The van der Waals surface area contributed by atoms with Crippen LogP contribution in [-0.2, 0) is 40.2 Å². The number of nitrogens with zero attached hydrogens (tertiary/aromatic N) is 1. The molecule has 0 saturated carbocycles. The minimum absolute atomic E-state index is 0.158. The number of aromatic nitrogens is 2. The van der Waals surface area contributed by atoms with Gasteiger partial charge in [-0.15, -0.1) is 0 Å². The topological polar surface area (TPSA) is 149 Å². The van der Waals surface area contributed by atoms with Gasteiger partial charge in [-0.25, -0.2) is 9.36 Å². The zero-order valence-electron chi connectivity index (χ0n) is 21.5. The number of nitrogens with one attached hydrogen (secondary N) is 1. The molecule has 0 spiro atoms. The number of H-pyrrole nitrogens is 1. The van der Waals surface area contributed by atoms with Crippen LogP contribution in [0.1, 0.15) is 22.3 Å². The van der Waals surface area contributed by atoms with E-state index in [9.17, 15) is 14.2 Å². The minimum Gasteiger partial charge on any atom is -0.489 e. The van der Waals surface area contributed by atoms with Crippen LogP contribution in [0.15, 0.2) is 94.6 Å². The van der Waals surface area contributed by atoms with Crippen LogP contribution in [0.3, 0.4) is 0 Å². The molecule has 12 heteroatoms. The molecule has 1 aromatic heterocycles. The van der Waals surface area contributed by atoms with Crippen LogP contribution in [0.25, 0.3) is 0 Å². The van der Waals surface area contributed by atoms with Crippen molar-refractivity contribution in [1.82, 2.24) is 9.55 Å². The third kappa shape index (κ3) is 9.33. The van der Waals surface area contributed by atoms with Crippen molar-refractivity contribution in [3.63, 3.8) is 0 Å². The van der Waals surface area contributed by atoms with Gasteiger partial charge in [0, 0.05) is 18.2 Å². The molecule has 0 saturated heterocycles. The number of hydrogen-bond donors (Lipinski definition) is 3. The summed E-state index contributed by atoms with van der Waals surface area (Å²) in [6.07, 6.45) is 1.63. The second-order valence-corrected chi connectivity index (χ2v) is 10.0. The number of ether oxygens (including phenoxy) is 3. The van der Waals surface area contributed by atoms with Crippen molar-refractivity contribution < 1.29 is 33.1 Å². The van der Waals surface area contributed by atoms with Gasteiger partial charge in [0.05, 0.1) is 13.2 Å². The third-order valence-corrected chi connectivity index (χ3v) is 6.19. The van der Waals surface area contributed by atoms with Gasteiger partial charge >= 0.3 is 13.5 Å². The van der Waals surface area contributed by atoms with E-state index >= 15 is 0 Å². The summed E-state index contributed by atoms with van der Waals surface area (Å²) < 4.78 is 33.1. The number of rotatable bonds is 14. The van der Waals surface area contributed by atoms with E-state index in [0.29, 0.717) is 24.5 Å². The Kier molecular flexibility index (Phi) is 10.1. The molecule has 3 aromatic carbocycles. The summed E-state index contributed by atoms with van der Waals surface area (Å²) in [5.41, 5.74) is 2.00. The number of hydrogen-bond acceptors (Lipinski definition) is 7. The van der Waals surface area contributed by atoms with Gasteiger partial charge in [0.15, 0.2) is 0 Å². The summed E-state index contributed by atoms with van der Waals surface area (Å²) in [6.45, 7) is 0.0948. The van der Waals surface area contributed by atoms with Gasteiger partial charge in [-0.1, -0.05) is 54.6 Å². The zero-order chi connectivity index (χ0) is 28.4. The third-order valence-electron chi connectivity index (χ3n) is 5.67. The molecule has 0 aliphatic heterocycles. The first-order valence-corrected chi connectivity index (χ1v) is 13.9. The van der Waals surface area contributed by atoms with Crippen molar-refractivity contribution in [2.75, 3.05) is 13.2 Å². The monoisotopic (exact) mass is 568 g/mol. The molecule has 4 aromatic rings. The Bertz CT molecular complexity index is 1550. The van der Waals surface area contributed by atoms with Crippen LogP contribution in [-0.4, -0.2) is 32.6 Å². The molecule has 0 bridgehead atoms. The molecule has 0 aliphatic carbocycles. The van der Waals surface area contributed by atoms with Crippen LogP contribution in [0, 0.1) is 0 Å². The van der Waals surface area contributed by atoms with Gasteiger partial charge in [-0.05, 0) is 41.0 Å². The van der Waals surface area contributed by atoms with Crippen molar-refractivity contribution in [1.29, 1.82) is 0 Å². The summed E-state index contributed by atoms with van der Waals surface area (Å²) >= 11 is 0. The first-order valence-electron chi connectivity index (χ1n) is 12.3. The van der Waals surface area contributed by atoms with Crippen molar-refractivity contribution in [3.8, 4) is 11.5 Å². The van der Waals surface area contributed by atoms with Crippen molar-refractivity contribution in [2.24, 2.45) is 0 Å². The quantitative estimate of drug-likeness (QED) is 0.154. The predicted octanol–water partition coefficient (Wildman–Crippen LogP) is 3.37. The summed E-state index contributed by atoms with van der Waals surface area (Å²) in [5.74, 6) is 1.39. The molecule has 0 fully saturated rings. The van der Waals surface area contributed by atoms with Crippen molar-refractivity contribution in [3.05, 3.63) is 128 Å². The summed E-state index contributed by atoms with van der Waals surface area (Å²) in [7, 11) is -4.59. The lowest BCUT2D eigenvalue weighted by molar-refractivity contribution is 0.0434. The van der Waals surface area contributed by atoms with Gasteiger partial charge in [0.1, 0.15) is 31.4 Å². The molecule has 1 heterocycles.